The molecule has 0 saturated heterocycles. The summed E-state index contributed by atoms with van der Waals surface area (Å²) in [6, 6.07) is 10.8. The molecular formula is C26H33FN2O. The molecule has 0 aliphatic heterocycles. The minimum Gasteiger partial charge on any atom is -0.350 e. The van der Waals surface area contributed by atoms with E-state index >= 15 is 0 Å². The third kappa shape index (κ3) is 9.17. The number of aryl methyl sites for hydroxylation is 1. The topological polar surface area (TPSA) is 42.0 Å². The number of hydrogen-bond acceptors (Lipinski definition) is 2. The van der Waals surface area contributed by atoms with Crippen LogP contribution < -0.4 is 5.32 Å². The van der Waals surface area contributed by atoms with Crippen molar-refractivity contribution < 1.29 is 9.18 Å². The van der Waals surface area contributed by atoms with Crippen LogP contribution in [0.4, 0.5) is 4.39 Å². The molecule has 2 aromatic rings. The first-order valence-corrected chi connectivity index (χ1v) is 10.9. The maximum Gasteiger partial charge on any atom is 0.244 e. The Morgan fingerprint density at radius 3 is 2.80 bits per heavy atom. The van der Waals surface area contributed by atoms with Crippen molar-refractivity contribution >= 4 is 11.5 Å². The van der Waals surface area contributed by atoms with E-state index in [1.54, 1.807) is 30.5 Å². The molecule has 30 heavy (non-hydrogen) atoms. The second-order valence-electron chi connectivity index (χ2n) is 7.68. The van der Waals surface area contributed by atoms with Gasteiger partial charge in [0.25, 0.3) is 0 Å². The number of benzene rings is 1. The highest BCUT2D eigenvalue weighted by Gasteiger charge is 2.05. The number of rotatable bonds is 12. The zero-order chi connectivity index (χ0) is 21.6. The van der Waals surface area contributed by atoms with Crippen LogP contribution in [0.3, 0.4) is 0 Å². The molecule has 0 aliphatic carbocycles. The summed E-state index contributed by atoms with van der Waals surface area (Å²) in [7, 11) is 0. The zero-order valence-electron chi connectivity index (χ0n) is 18.1. The highest BCUT2D eigenvalue weighted by atomic mass is 19.1. The van der Waals surface area contributed by atoms with Crippen LogP contribution in [0, 0.1) is 5.82 Å². The van der Waals surface area contributed by atoms with Crippen molar-refractivity contribution in [2.45, 2.75) is 64.8 Å². The molecule has 0 saturated carbocycles. The first-order valence-electron chi connectivity index (χ1n) is 10.9. The Hall–Kier alpha value is -2.75. The van der Waals surface area contributed by atoms with Crippen molar-refractivity contribution in [2.75, 3.05) is 0 Å². The van der Waals surface area contributed by atoms with Gasteiger partial charge in [0.1, 0.15) is 5.82 Å². The lowest BCUT2D eigenvalue weighted by atomic mass is 9.99. The van der Waals surface area contributed by atoms with Gasteiger partial charge in [-0.1, -0.05) is 50.1 Å². The van der Waals surface area contributed by atoms with Crippen molar-refractivity contribution in [3.63, 3.8) is 0 Å². The summed E-state index contributed by atoms with van der Waals surface area (Å²) in [5, 5.41) is 3.01. The number of halogens is 1. The first kappa shape index (κ1) is 23.5. The zero-order valence-corrected chi connectivity index (χ0v) is 18.1. The van der Waals surface area contributed by atoms with Crippen LogP contribution in [0.1, 0.15) is 63.5 Å². The standard InChI is InChI=1S/C26H33FN2O/c1-3-4-5-13-23(24-15-7-16-25(27)19-24)14-8-17-26(30)29-21(2)10-6-11-22-12-9-18-28-20-22/h7-9,12,14-21H,3-6,10-11,13H2,1-2H3,(H,29,30)/b17-8+,23-14+. The van der Waals surface area contributed by atoms with E-state index in [9.17, 15) is 9.18 Å². The smallest absolute Gasteiger partial charge is 0.244 e. The van der Waals surface area contributed by atoms with Crippen LogP contribution in [0.25, 0.3) is 5.57 Å². The number of nitrogens with zero attached hydrogens (tertiary/aromatic N) is 1. The van der Waals surface area contributed by atoms with Crippen molar-refractivity contribution in [3.05, 3.63) is 84.0 Å². The molecule has 0 aliphatic rings. The summed E-state index contributed by atoms with van der Waals surface area (Å²) in [6.45, 7) is 4.18. The molecule has 0 spiro atoms. The van der Waals surface area contributed by atoms with Crippen molar-refractivity contribution in [2.24, 2.45) is 0 Å². The lowest BCUT2D eigenvalue weighted by Crippen LogP contribution is -2.31. The number of nitrogens with one attached hydrogen (secondary N) is 1. The van der Waals surface area contributed by atoms with Crippen LogP contribution in [0.15, 0.2) is 67.0 Å². The monoisotopic (exact) mass is 408 g/mol. The van der Waals surface area contributed by atoms with Crippen molar-refractivity contribution in [1.29, 1.82) is 0 Å². The van der Waals surface area contributed by atoms with Crippen molar-refractivity contribution in [3.8, 4) is 0 Å². The number of hydrogen-bond donors (Lipinski definition) is 1. The Bertz CT molecular complexity index is 830. The number of aromatic nitrogens is 1. The Morgan fingerprint density at radius 1 is 1.20 bits per heavy atom. The predicted molar refractivity (Wildman–Crippen MR) is 122 cm³/mol. The maximum absolute atomic E-state index is 13.6. The van der Waals surface area contributed by atoms with Gasteiger partial charge in [0, 0.05) is 24.5 Å². The molecule has 1 heterocycles. The number of unbranched alkanes of at least 4 members (excludes halogenated alkanes) is 2. The van der Waals surface area contributed by atoms with E-state index in [2.05, 4.69) is 23.3 Å². The minimum atomic E-state index is -0.240. The fourth-order valence-electron chi connectivity index (χ4n) is 3.35. The largest absolute Gasteiger partial charge is 0.350 e. The van der Waals surface area contributed by atoms with Crippen LogP contribution in [0.5, 0.6) is 0 Å². The highest BCUT2D eigenvalue weighted by Crippen LogP contribution is 2.22. The van der Waals surface area contributed by atoms with Crippen LogP contribution >= 0.6 is 0 Å². The summed E-state index contributed by atoms with van der Waals surface area (Å²) in [5.74, 6) is -0.344. The number of allylic oxidation sites excluding steroid dienone is 3. The van der Waals surface area contributed by atoms with Gasteiger partial charge < -0.3 is 5.32 Å². The summed E-state index contributed by atoms with van der Waals surface area (Å²) in [6.07, 6.45) is 16.0. The van der Waals surface area contributed by atoms with E-state index in [0.29, 0.717) is 0 Å². The van der Waals surface area contributed by atoms with Gasteiger partial charge >= 0.3 is 0 Å². The summed E-state index contributed by atoms with van der Waals surface area (Å²) in [4.78, 5) is 16.3. The Labute approximate surface area is 180 Å². The summed E-state index contributed by atoms with van der Waals surface area (Å²) < 4.78 is 13.6. The van der Waals surface area contributed by atoms with Gasteiger partial charge in [-0.2, -0.15) is 0 Å². The molecule has 1 amide bonds. The highest BCUT2D eigenvalue weighted by molar-refractivity contribution is 5.88. The lowest BCUT2D eigenvalue weighted by molar-refractivity contribution is -0.117. The average molecular weight is 409 g/mol. The van der Waals surface area contributed by atoms with E-state index in [-0.39, 0.29) is 17.8 Å². The number of pyridine rings is 1. The SMILES string of the molecule is CCCCC/C(=C\C=C\C(=O)NC(C)CCCc1cccnc1)c1cccc(F)c1. The Balaban J connectivity index is 1.85. The van der Waals surface area contributed by atoms with Gasteiger partial charge in [-0.3, -0.25) is 9.78 Å². The van der Waals surface area contributed by atoms with Gasteiger partial charge in [0.2, 0.25) is 5.91 Å². The molecule has 1 N–H and O–H groups in total. The molecule has 0 radical (unpaired) electrons. The number of carbonyl (C=O) groups excluding carboxylic acids is 1. The van der Waals surface area contributed by atoms with Gasteiger partial charge in [-0.05, 0) is 73.9 Å². The van der Waals surface area contributed by atoms with Gasteiger partial charge in [0.15, 0.2) is 0 Å². The molecule has 4 heteroatoms. The van der Waals surface area contributed by atoms with E-state index in [1.165, 1.54) is 11.6 Å². The molecule has 0 fully saturated rings. The molecule has 3 nitrogen and oxygen atoms in total. The van der Waals surface area contributed by atoms with Gasteiger partial charge in [-0.25, -0.2) is 4.39 Å². The van der Waals surface area contributed by atoms with E-state index in [4.69, 9.17) is 0 Å². The second-order valence-corrected chi connectivity index (χ2v) is 7.68. The number of amides is 1. The molecule has 1 aromatic heterocycles. The van der Waals surface area contributed by atoms with Crippen molar-refractivity contribution in [1.82, 2.24) is 10.3 Å². The molecule has 0 bridgehead atoms. The fraction of sp³-hybridized carbons (Fsp3) is 0.385. The molecule has 2 rings (SSSR count). The second kappa shape index (κ2) is 13.5. The maximum atomic E-state index is 13.6. The molecule has 1 atom stereocenters. The molecule has 1 aromatic carbocycles. The van der Waals surface area contributed by atoms with Gasteiger partial charge in [-0.15, -0.1) is 0 Å². The summed E-state index contributed by atoms with van der Waals surface area (Å²) in [5.41, 5.74) is 3.14. The van der Waals surface area contributed by atoms with Gasteiger partial charge in [0.05, 0.1) is 0 Å². The normalized spacial score (nSPS) is 12.8. The van der Waals surface area contributed by atoms with Crippen LogP contribution in [-0.4, -0.2) is 16.9 Å². The predicted octanol–water partition coefficient (Wildman–Crippen LogP) is 6.27. The molecular weight excluding hydrogens is 375 g/mol. The van der Waals surface area contributed by atoms with E-state index < -0.39 is 0 Å². The lowest BCUT2D eigenvalue weighted by Gasteiger charge is -2.12. The Kier molecular flexibility index (Phi) is 10.6. The molecule has 160 valence electrons. The molecule has 1 unspecified atom stereocenters. The third-order valence-electron chi connectivity index (χ3n) is 5.00. The quantitative estimate of drug-likeness (QED) is 0.255. The van der Waals surface area contributed by atoms with E-state index in [0.717, 1.165) is 56.1 Å². The van der Waals surface area contributed by atoms with E-state index in [1.807, 2.05) is 31.3 Å². The number of carbonyl (C=O) groups is 1. The fourth-order valence-corrected chi connectivity index (χ4v) is 3.35. The average Bonchev–Trinajstić information content (AvgIpc) is 2.73. The minimum absolute atomic E-state index is 0.104. The summed E-state index contributed by atoms with van der Waals surface area (Å²) >= 11 is 0. The van der Waals surface area contributed by atoms with Crippen LogP contribution in [0.2, 0.25) is 0 Å². The van der Waals surface area contributed by atoms with Crippen LogP contribution in [-0.2, 0) is 11.2 Å². The third-order valence-corrected chi connectivity index (χ3v) is 5.00. The first-order chi connectivity index (χ1) is 14.6. The Morgan fingerprint density at radius 2 is 2.07 bits per heavy atom.